The Morgan fingerprint density at radius 2 is 1.24 bits per heavy atom. The zero-order chi connectivity index (χ0) is 23.6. The molecule has 6 heteroatoms. The van der Waals surface area contributed by atoms with E-state index >= 15 is 0 Å². The maximum atomic E-state index is 13.5. The lowest BCUT2D eigenvalue weighted by Crippen LogP contribution is -2.32. The minimum absolute atomic E-state index is 0.348. The molecule has 0 spiro atoms. The van der Waals surface area contributed by atoms with Crippen molar-refractivity contribution in [2.45, 2.75) is 5.92 Å². The minimum Gasteiger partial charge on any atom is -0.294 e. The molecule has 0 bridgehead atoms. The Bertz CT molecular complexity index is 1090. The molecule has 0 aliphatic carbocycles. The van der Waals surface area contributed by atoms with E-state index in [1.807, 2.05) is 36.4 Å². The molecule has 0 unspecified atom stereocenters. The van der Waals surface area contributed by atoms with Crippen molar-refractivity contribution in [2.24, 2.45) is 5.92 Å². The number of nitrogens with zero attached hydrogens (tertiary/aromatic N) is 1. The molecule has 0 N–H and O–H groups in total. The van der Waals surface area contributed by atoms with E-state index in [1.165, 1.54) is 24.3 Å². The number of allylic oxidation sites excluding steroid dienone is 2. The van der Waals surface area contributed by atoms with Gasteiger partial charge in [0, 0.05) is 4.92 Å². The van der Waals surface area contributed by atoms with E-state index < -0.39 is 40.7 Å². The van der Waals surface area contributed by atoms with E-state index in [2.05, 4.69) is 0 Å². The Labute approximate surface area is 191 Å². The van der Waals surface area contributed by atoms with Crippen LogP contribution in [0, 0.1) is 21.8 Å². The highest BCUT2D eigenvalue weighted by Crippen LogP contribution is 2.29. The van der Waals surface area contributed by atoms with E-state index in [-0.39, 0.29) is 0 Å². The van der Waals surface area contributed by atoms with Gasteiger partial charge >= 0.3 is 0 Å². The molecule has 33 heavy (non-hydrogen) atoms. The largest absolute Gasteiger partial charge is 0.294 e. The molecule has 3 aromatic carbocycles. The van der Waals surface area contributed by atoms with Crippen LogP contribution in [0.4, 0.5) is 4.39 Å². The van der Waals surface area contributed by atoms with E-state index in [9.17, 15) is 24.1 Å². The van der Waals surface area contributed by atoms with Crippen LogP contribution in [-0.2, 0) is 9.59 Å². The fourth-order valence-corrected chi connectivity index (χ4v) is 3.50. The maximum Gasteiger partial charge on any atom is 0.211 e. The molecule has 3 rings (SSSR count). The Morgan fingerprint density at radius 3 is 1.67 bits per heavy atom. The molecule has 0 aromatic heterocycles. The number of nitro groups is 1. The van der Waals surface area contributed by atoms with Crippen molar-refractivity contribution >= 4 is 23.7 Å². The number of hydrogen-bond acceptors (Lipinski definition) is 4. The van der Waals surface area contributed by atoms with Crippen molar-refractivity contribution in [1.82, 2.24) is 0 Å². The zero-order valence-electron chi connectivity index (χ0n) is 17.7. The number of carbonyl (C=O) groups excluding carboxylic acids is 2. The summed E-state index contributed by atoms with van der Waals surface area (Å²) < 4.78 is 13.5. The highest BCUT2D eigenvalue weighted by Gasteiger charge is 2.36. The van der Waals surface area contributed by atoms with Crippen LogP contribution in [0.2, 0.25) is 0 Å². The van der Waals surface area contributed by atoms with E-state index in [1.54, 1.807) is 36.4 Å². The van der Waals surface area contributed by atoms with E-state index in [0.717, 1.165) is 23.3 Å². The van der Waals surface area contributed by atoms with Crippen molar-refractivity contribution in [3.63, 3.8) is 0 Å². The SMILES string of the molecule is O=C(/C=C/c1ccccc1)C(C(=O)/C=C/c1ccccc1)[C@@H](C[N+](=O)[O-])c1ccc(F)cc1. The van der Waals surface area contributed by atoms with Crippen LogP contribution in [0.15, 0.2) is 97.1 Å². The highest BCUT2D eigenvalue weighted by atomic mass is 19.1. The van der Waals surface area contributed by atoms with Crippen LogP contribution in [-0.4, -0.2) is 23.0 Å². The van der Waals surface area contributed by atoms with Gasteiger partial charge in [-0.3, -0.25) is 19.7 Å². The minimum atomic E-state index is -1.33. The van der Waals surface area contributed by atoms with Gasteiger partial charge in [0.1, 0.15) is 5.82 Å². The number of rotatable bonds is 10. The molecule has 0 saturated carbocycles. The quantitative estimate of drug-likeness (QED) is 0.183. The Kier molecular flexibility index (Phi) is 8.13. The molecule has 3 aromatic rings. The molecular formula is C27H22FNO4. The molecular weight excluding hydrogens is 421 g/mol. The molecule has 0 fully saturated rings. The summed E-state index contributed by atoms with van der Waals surface area (Å²) in [7, 11) is 0. The molecule has 166 valence electrons. The second kappa shape index (κ2) is 11.4. The highest BCUT2D eigenvalue weighted by molar-refractivity contribution is 6.14. The number of benzene rings is 3. The molecule has 1 atom stereocenters. The Hall–Kier alpha value is -4.19. The van der Waals surface area contributed by atoms with Gasteiger partial charge in [-0.2, -0.15) is 0 Å². The van der Waals surface area contributed by atoms with Gasteiger partial charge in [-0.05, 0) is 41.0 Å². The van der Waals surface area contributed by atoms with Crippen LogP contribution >= 0.6 is 0 Å². The third-order valence-corrected chi connectivity index (χ3v) is 5.14. The first kappa shape index (κ1) is 23.5. The molecule has 0 heterocycles. The summed E-state index contributed by atoms with van der Waals surface area (Å²) >= 11 is 0. The van der Waals surface area contributed by atoms with Crippen LogP contribution in [0.3, 0.4) is 0 Å². The third kappa shape index (κ3) is 6.90. The van der Waals surface area contributed by atoms with Crippen molar-refractivity contribution in [1.29, 1.82) is 0 Å². The average Bonchev–Trinajstić information content (AvgIpc) is 2.82. The molecule has 0 amide bonds. The smallest absolute Gasteiger partial charge is 0.211 e. The molecule has 0 radical (unpaired) electrons. The van der Waals surface area contributed by atoms with Gasteiger partial charge in [0.2, 0.25) is 6.54 Å². The van der Waals surface area contributed by atoms with Crippen molar-refractivity contribution < 1.29 is 18.9 Å². The van der Waals surface area contributed by atoms with Gasteiger partial charge < -0.3 is 0 Å². The topological polar surface area (TPSA) is 77.3 Å². The average molecular weight is 443 g/mol. The lowest BCUT2D eigenvalue weighted by atomic mass is 9.80. The summed E-state index contributed by atoms with van der Waals surface area (Å²) in [6, 6.07) is 23.2. The van der Waals surface area contributed by atoms with Crippen molar-refractivity contribution in [2.75, 3.05) is 6.54 Å². The summed E-state index contributed by atoms with van der Waals surface area (Å²) in [5.41, 5.74) is 1.86. The molecule has 0 aliphatic heterocycles. The number of halogens is 1. The van der Waals surface area contributed by atoms with Crippen molar-refractivity contribution in [3.8, 4) is 0 Å². The first-order chi connectivity index (χ1) is 15.9. The lowest BCUT2D eigenvalue weighted by molar-refractivity contribution is -0.484. The zero-order valence-corrected chi connectivity index (χ0v) is 17.7. The molecule has 0 aliphatic rings. The standard InChI is InChI=1S/C27H22FNO4/c28-23-15-13-22(14-16-23)24(19-29(32)33)27(25(30)17-11-20-7-3-1-4-8-20)26(31)18-12-21-9-5-2-6-10-21/h1-18,24,27H,19H2/b17-11+,18-12+/t24-/m0/s1. The third-order valence-electron chi connectivity index (χ3n) is 5.14. The van der Waals surface area contributed by atoms with Gasteiger partial charge in [0.15, 0.2) is 11.6 Å². The van der Waals surface area contributed by atoms with Crippen LogP contribution in [0.25, 0.3) is 12.2 Å². The number of hydrogen-bond donors (Lipinski definition) is 0. The van der Waals surface area contributed by atoms with Gasteiger partial charge in [-0.25, -0.2) is 4.39 Å². The first-order valence-corrected chi connectivity index (χ1v) is 10.4. The Morgan fingerprint density at radius 1 is 0.788 bits per heavy atom. The second-order valence-electron chi connectivity index (χ2n) is 7.44. The van der Waals surface area contributed by atoms with Crippen LogP contribution < -0.4 is 0 Å². The van der Waals surface area contributed by atoms with Crippen LogP contribution in [0.5, 0.6) is 0 Å². The second-order valence-corrected chi connectivity index (χ2v) is 7.44. The van der Waals surface area contributed by atoms with Gasteiger partial charge in [0.05, 0.1) is 11.8 Å². The fraction of sp³-hybridized carbons (Fsp3) is 0.111. The summed E-state index contributed by atoms with van der Waals surface area (Å²) in [4.78, 5) is 37.3. The van der Waals surface area contributed by atoms with E-state index in [0.29, 0.717) is 5.56 Å². The van der Waals surface area contributed by atoms with Gasteiger partial charge in [-0.1, -0.05) is 84.9 Å². The Balaban J connectivity index is 1.99. The van der Waals surface area contributed by atoms with Gasteiger partial charge in [0.25, 0.3) is 0 Å². The predicted molar refractivity (Wildman–Crippen MR) is 125 cm³/mol. The summed E-state index contributed by atoms with van der Waals surface area (Å²) in [6.07, 6.45) is 5.67. The number of ketones is 2. The molecule has 5 nitrogen and oxygen atoms in total. The lowest BCUT2D eigenvalue weighted by Gasteiger charge is -2.21. The molecule has 0 saturated heterocycles. The maximum absolute atomic E-state index is 13.5. The summed E-state index contributed by atoms with van der Waals surface area (Å²) in [5.74, 6) is -4.02. The monoisotopic (exact) mass is 443 g/mol. The fourth-order valence-electron chi connectivity index (χ4n) is 3.50. The summed E-state index contributed by atoms with van der Waals surface area (Å²) in [5, 5.41) is 11.4. The summed E-state index contributed by atoms with van der Waals surface area (Å²) in [6.45, 7) is -0.647. The predicted octanol–water partition coefficient (Wildman–Crippen LogP) is 5.37. The van der Waals surface area contributed by atoms with E-state index in [4.69, 9.17) is 0 Å². The van der Waals surface area contributed by atoms with Crippen molar-refractivity contribution in [3.05, 3.63) is 130 Å². The van der Waals surface area contributed by atoms with Gasteiger partial charge in [-0.15, -0.1) is 0 Å². The normalized spacial score (nSPS) is 12.3. The van der Waals surface area contributed by atoms with Crippen LogP contribution in [0.1, 0.15) is 22.6 Å². The first-order valence-electron chi connectivity index (χ1n) is 10.4. The number of carbonyl (C=O) groups is 2.